The molecule has 1 aromatic rings. The Morgan fingerprint density at radius 3 is 2.62 bits per heavy atom. The van der Waals surface area contributed by atoms with Gasteiger partial charge >= 0.3 is 0 Å². The molecule has 1 heterocycles. The van der Waals surface area contributed by atoms with Gasteiger partial charge in [-0.25, -0.2) is 0 Å². The first kappa shape index (κ1) is 14.9. The maximum absolute atomic E-state index is 9.36. The van der Waals surface area contributed by atoms with Crippen LogP contribution in [0.3, 0.4) is 0 Å². The number of hydrogen-bond acceptors (Lipinski definition) is 2. The van der Waals surface area contributed by atoms with Gasteiger partial charge < -0.3 is 5.11 Å². The number of likely N-dealkylation sites (tertiary alicyclic amines) is 1. The predicted octanol–water partition coefficient (Wildman–Crippen LogP) is 4.37. The van der Waals surface area contributed by atoms with Gasteiger partial charge in [-0.05, 0) is 75.6 Å². The van der Waals surface area contributed by atoms with Crippen LogP contribution in [-0.2, 0) is 6.42 Å². The fraction of sp³-hybridized carbons (Fsp3) is 0.684. The van der Waals surface area contributed by atoms with Crippen LogP contribution in [0.15, 0.2) is 24.3 Å². The molecule has 0 spiro atoms. The van der Waals surface area contributed by atoms with E-state index in [2.05, 4.69) is 24.0 Å². The quantitative estimate of drug-likeness (QED) is 0.889. The van der Waals surface area contributed by atoms with Crippen LogP contribution in [-0.4, -0.2) is 28.6 Å². The number of piperidine rings is 1. The van der Waals surface area contributed by atoms with E-state index in [4.69, 9.17) is 0 Å². The molecule has 1 saturated carbocycles. The summed E-state index contributed by atoms with van der Waals surface area (Å²) in [5.41, 5.74) is 1.34. The number of phenolic OH excluding ortho intramolecular Hbond substituents is 1. The van der Waals surface area contributed by atoms with E-state index >= 15 is 0 Å². The maximum atomic E-state index is 9.36. The van der Waals surface area contributed by atoms with Crippen LogP contribution in [0.5, 0.6) is 5.75 Å². The van der Waals surface area contributed by atoms with E-state index in [0.29, 0.717) is 11.8 Å². The molecule has 1 N–H and O–H groups in total. The average molecular weight is 287 g/mol. The minimum absolute atomic E-state index is 0.368. The molecule has 1 aliphatic carbocycles. The van der Waals surface area contributed by atoms with Crippen molar-refractivity contribution in [2.75, 3.05) is 6.54 Å². The third-order valence-electron chi connectivity index (χ3n) is 5.64. The topological polar surface area (TPSA) is 23.5 Å². The Morgan fingerprint density at radius 2 is 1.81 bits per heavy atom. The summed E-state index contributed by atoms with van der Waals surface area (Å²) in [6.07, 6.45) is 11.0. The summed E-state index contributed by atoms with van der Waals surface area (Å²) in [6.45, 7) is 3.72. The van der Waals surface area contributed by atoms with Gasteiger partial charge in [-0.1, -0.05) is 25.0 Å². The molecule has 1 aliphatic heterocycles. The summed E-state index contributed by atoms with van der Waals surface area (Å²) in [5.74, 6) is 1.34. The highest BCUT2D eigenvalue weighted by molar-refractivity contribution is 5.25. The summed E-state index contributed by atoms with van der Waals surface area (Å²) < 4.78 is 0. The Kier molecular flexibility index (Phi) is 4.84. The first-order valence-electron chi connectivity index (χ1n) is 8.77. The van der Waals surface area contributed by atoms with E-state index in [1.165, 1.54) is 57.1 Å². The molecule has 3 atom stereocenters. The summed E-state index contributed by atoms with van der Waals surface area (Å²) in [6, 6.07) is 9.27. The lowest BCUT2D eigenvalue weighted by molar-refractivity contribution is 0.0289. The van der Waals surface area contributed by atoms with Gasteiger partial charge in [-0.3, -0.25) is 4.90 Å². The lowest BCUT2D eigenvalue weighted by Crippen LogP contribution is -2.50. The minimum Gasteiger partial charge on any atom is -0.508 e. The van der Waals surface area contributed by atoms with Crippen molar-refractivity contribution in [3.8, 4) is 5.75 Å². The van der Waals surface area contributed by atoms with Crippen LogP contribution in [0.4, 0.5) is 0 Å². The highest BCUT2D eigenvalue weighted by atomic mass is 16.3. The largest absolute Gasteiger partial charge is 0.508 e. The van der Waals surface area contributed by atoms with E-state index in [9.17, 15) is 5.11 Å². The molecular formula is C19H29NO. The van der Waals surface area contributed by atoms with E-state index in [0.717, 1.165) is 18.4 Å². The van der Waals surface area contributed by atoms with Crippen LogP contribution in [0.2, 0.25) is 0 Å². The van der Waals surface area contributed by atoms with Crippen molar-refractivity contribution >= 4 is 0 Å². The summed E-state index contributed by atoms with van der Waals surface area (Å²) in [5, 5.41) is 9.36. The first-order valence-corrected chi connectivity index (χ1v) is 8.77. The fourth-order valence-electron chi connectivity index (χ4n) is 4.41. The SMILES string of the molecule is CC(CCc1ccc(O)cc1)N1CCCC2CCCCC21. The van der Waals surface area contributed by atoms with Crippen molar-refractivity contribution in [3.05, 3.63) is 29.8 Å². The van der Waals surface area contributed by atoms with E-state index in [1.54, 1.807) is 12.1 Å². The van der Waals surface area contributed by atoms with Gasteiger partial charge in [-0.15, -0.1) is 0 Å². The lowest BCUT2D eigenvalue weighted by atomic mass is 9.77. The smallest absolute Gasteiger partial charge is 0.115 e. The standard InChI is InChI=1S/C19H29NO/c1-15(8-9-16-10-12-18(21)13-11-16)20-14-4-6-17-5-2-3-7-19(17)20/h10-13,15,17,19,21H,2-9,14H2,1H3. The van der Waals surface area contributed by atoms with Gasteiger partial charge in [0.1, 0.15) is 5.75 Å². The van der Waals surface area contributed by atoms with Gasteiger partial charge in [0.15, 0.2) is 0 Å². The lowest BCUT2D eigenvalue weighted by Gasteiger charge is -2.47. The van der Waals surface area contributed by atoms with Crippen molar-refractivity contribution in [3.63, 3.8) is 0 Å². The Bertz CT molecular complexity index is 439. The molecule has 2 fully saturated rings. The van der Waals surface area contributed by atoms with Crippen molar-refractivity contribution in [2.24, 2.45) is 5.92 Å². The van der Waals surface area contributed by atoms with Crippen LogP contribution in [0.25, 0.3) is 0 Å². The van der Waals surface area contributed by atoms with Crippen LogP contribution in [0, 0.1) is 5.92 Å². The maximum Gasteiger partial charge on any atom is 0.115 e. The molecule has 1 aromatic carbocycles. The van der Waals surface area contributed by atoms with Crippen molar-refractivity contribution in [1.82, 2.24) is 4.90 Å². The van der Waals surface area contributed by atoms with E-state index in [1.807, 2.05) is 0 Å². The zero-order chi connectivity index (χ0) is 14.7. The Balaban J connectivity index is 1.56. The monoisotopic (exact) mass is 287 g/mol. The molecule has 3 rings (SSSR count). The number of hydrogen-bond donors (Lipinski definition) is 1. The Hall–Kier alpha value is -1.02. The third-order valence-corrected chi connectivity index (χ3v) is 5.64. The molecule has 116 valence electrons. The zero-order valence-electron chi connectivity index (χ0n) is 13.3. The molecule has 0 bridgehead atoms. The van der Waals surface area contributed by atoms with Gasteiger partial charge in [0.2, 0.25) is 0 Å². The van der Waals surface area contributed by atoms with Gasteiger partial charge in [-0.2, -0.15) is 0 Å². The minimum atomic E-state index is 0.368. The summed E-state index contributed by atoms with van der Waals surface area (Å²) >= 11 is 0. The van der Waals surface area contributed by atoms with Gasteiger partial charge in [0.25, 0.3) is 0 Å². The average Bonchev–Trinajstić information content (AvgIpc) is 2.53. The van der Waals surface area contributed by atoms with Gasteiger partial charge in [0, 0.05) is 12.1 Å². The second-order valence-corrected chi connectivity index (χ2v) is 7.05. The Morgan fingerprint density at radius 1 is 1.10 bits per heavy atom. The molecular weight excluding hydrogens is 258 g/mol. The van der Waals surface area contributed by atoms with Crippen LogP contribution < -0.4 is 0 Å². The molecule has 2 nitrogen and oxygen atoms in total. The predicted molar refractivity (Wildman–Crippen MR) is 87.6 cm³/mol. The number of aromatic hydroxyl groups is 1. The molecule has 21 heavy (non-hydrogen) atoms. The number of aryl methyl sites for hydroxylation is 1. The first-order chi connectivity index (χ1) is 10.2. The number of benzene rings is 1. The van der Waals surface area contributed by atoms with Crippen LogP contribution >= 0.6 is 0 Å². The van der Waals surface area contributed by atoms with Gasteiger partial charge in [0.05, 0.1) is 0 Å². The molecule has 0 aromatic heterocycles. The van der Waals surface area contributed by atoms with Crippen LogP contribution in [0.1, 0.15) is 57.4 Å². The molecule has 2 heteroatoms. The van der Waals surface area contributed by atoms with Crippen molar-refractivity contribution in [2.45, 2.75) is 70.4 Å². The number of phenols is 1. The Labute approximate surface area is 129 Å². The van der Waals surface area contributed by atoms with E-state index < -0.39 is 0 Å². The zero-order valence-corrected chi connectivity index (χ0v) is 13.3. The van der Waals surface area contributed by atoms with Crippen molar-refractivity contribution in [1.29, 1.82) is 0 Å². The third kappa shape index (κ3) is 3.60. The molecule has 0 radical (unpaired) electrons. The summed E-state index contributed by atoms with van der Waals surface area (Å²) in [7, 11) is 0. The highest BCUT2D eigenvalue weighted by Gasteiger charge is 2.34. The van der Waals surface area contributed by atoms with E-state index in [-0.39, 0.29) is 0 Å². The molecule has 1 saturated heterocycles. The second-order valence-electron chi connectivity index (χ2n) is 7.05. The molecule has 0 amide bonds. The normalized spacial score (nSPS) is 28.0. The number of rotatable bonds is 4. The van der Waals surface area contributed by atoms with Crippen molar-refractivity contribution < 1.29 is 5.11 Å². The second kappa shape index (κ2) is 6.83. The number of fused-ring (bicyclic) bond motifs is 1. The highest BCUT2D eigenvalue weighted by Crippen LogP contribution is 2.36. The number of nitrogens with zero attached hydrogens (tertiary/aromatic N) is 1. The fourth-order valence-corrected chi connectivity index (χ4v) is 4.41. The summed E-state index contributed by atoms with van der Waals surface area (Å²) in [4.78, 5) is 2.81. The molecule has 2 aliphatic rings. The molecule has 3 unspecified atom stereocenters.